The Morgan fingerprint density at radius 1 is 1.32 bits per heavy atom. The van der Waals surface area contributed by atoms with E-state index in [-0.39, 0.29) is 12.2 Å². The molecule has 0 spiro atoms. The molecule has 3 rings (SSSR count). The summed E-state index contributed by atoms with van der Waals surface area (Å²) >= 11 is 5.57. The average Bonchev–Trinajstić information content (AvgIpc) is 3.16. The molecule has 0 bridgehead atoms. The maximum Gasteiger partial charge on any atom is 0.490 e. The molecule has 0 radical (unpaired) electrons. The van der Waals surface area contributed by atoms with E-state index in [1.54, 1.807) is 0 Å². The minimum atomic E-state index is -4.60. The van der Waals surface area contributed by atoms with Gasteiger partial charge in [0.1, 0.15) is 12.2 Å². The third-order valence-electron chi connectivity index (χ3n) is 3.07. The molecule has 13 heteroatoms. The van der Waals surface area contributed by atoms with Crippen LogP contribution in [0.15, 0.2) is 30.7 Å². The first-order chi connectivity index (χ1) is 11.7. The molecular weight excluding hydrogens is 367 g/mol. The lowest BCUT2D eigenvalue weighted by molar-refractivity contribution is -0.394. The Morgan fingerprint density at radius 3 is 2.72 bits per heavy atom. The van der Waals surface area contributed by atoms with Crippen LogP contribution in [-0.2, 0) is 12.7 Å². The van der Waals surface area contributed by atoms with Crippen molar-refractivity contribution in [3.05, 3.63) is 57.1 Å². The number of nitro groups is 1. The molecule has 0 unspecified atom stereocenters. The van der Waals surface area contributed by atoms with E-state index in [0.717, 1.165) is 27.8 Å². The van der Waals surface area contributed by atoms with Crippen LogP contribution in [0.25, 0.3) is 5.69 Å². The van der Waals surface area contributed by atoms with Gasteiger partial charge in [0, 0.05) is 5.10 Å². The molecule has 0 fully saturated rings. The monoisotopic (exact) mass is 373 g/mol. The van der Waals surface area contributed by atoms with Crippen LogP contribution in [-0.4, -0.2) is 34.7 Å². The summed E-state index contributed by atoms with van der Waals surface area (Å²) in [6, 6.07) is 3.32. The molecule has 2 heterocycles. The smallest absolute Gasteiger partial charge is 0.390 e. The first-order valence-electron chi connectivity index (χ1n) is 6.56. The normalized spacial score (nSPS) is 11.7. The van der Waals surface area contributed by atoms with Crippen LogP contribution in [0.1, 0.15) is 11.3 Å². The average molecular weight is 374 g/mol. The van der Waals surface area contributed by atoms with E-state index in [9.17, 15) is 23.3 Å². The van der Waals surface area contributed by atoms with Crippen LogP contribution in [0, 0.1) is 10.1 Å². The van der Waals surface area contributed by atoms with Crippen molar-refractivity contribution in [3.63, 3.8) is 0 Å². The Bertz CT molecular complexity index is 937. The fourth-order valence-corrected chi connectivity index (χ4v) is 2.21. The Labute approximate surface area is 141 Å². The zero-order chi connectivity index (χ0) is 18.2. The van der Waals surface area contributed by atoms with Crippen molar-refractivity contribution in [2.75, 3.05) is 0 Å². The number of benzene rings is 1. The Balaban J connectivity index is 1.85. The van der Waals surface area contributed by atoms with Crippen LogP contribution < -0.4 is 0 Å². The zero-order valence-electron chi connectivity index (χ0n) is 12.1. The molecule has 0 aliphatic rings. The molecule has 0 aliphatic carbocycles. The van der Waals surface area contributed by atoms with Crippen molar-refractivity contribution < 1.29 is 18.1 Å². The lowest BCUT2D eigenvalue weighted by Crippen LogP contribution is -2.07. The van der Waals surface area contributed by atoms with Gasteiger partial charge in [-0.15, -0.1) is 5.10 Å². The van der Waals surface area contributed by atoms with Crippen LogP contribution in [0.4, 0.5) is 19.1 Å². The number of nitrogens with zero attached hydrogens (tertiary/aromatic N) is 7. The van der Waals surface area contributed by atoms with E-state index in [0.29, 0.717) is 5.69 Å². The highest BCUT2D eigenvalue weighted by atomic mass is 35.5. The number of alkyl halides is 3. The van der Waals surface area contributed by atoms with Gasteiger partial charge in [-0.3, -0.25) is 0 Å². The molecule has 1 aromatic carbocycles. The molecule has 0 aliphatic heterocycles. The van der Waals surface area contributed by atoms with Gasteiger partial charge in [-0.25, -0.2) is 4.68 Å². The van der Waals surface area contributed by atoms with E-state index in [1.165, 1.54) is 12.3 Å². The number of rotatable bonds is 4. The summed E-state index contributed by atoms with van der Waals surface area (Å²) in [4.78, 5) is 13.3. The highest BCUT2D eigenvalue weighted by Crippen LogP contribution is 2.35. The quantitative estimate of drug-likeness (QED) is 0.514. The van der Waals surface area contributed by atoms with Gasteiger partial charge < -0.3 is 10.1 Å². The first-order valence-corrected chi connectivity index (χ1v) is 6.94. The second-order valence-electron chi connectivity index (χ2n) is 4.82. The molecule has 130 valence electrons. The first kappa shape index (κ1) is 16.8. The van der Waals surface area contributed by atoms with Gasteiger partial charge >= 0.3 is 12.1 Å². The van der Waals surface area contributed by atoms with E-state index in [2.05, 4.69) is 20.4 Å². The minimum absolute atomic E-state index is 0.0144. The van der Waals surface area contributed by atoms with Crippen molar-refractivity contribution in [2.24, 2.45) is 0 Å². The summed E-state index contributed by atoms with van der Waals surface area (Å²) < 4.78 is 41.0. The fraction of sp³-hybridized carbons (Fsp3) is 0.167. The van der Waals surface area contributed by atoms with Crippen molar-refractivity contribution in [1.29, 1.82) is 0 Å². The summed E-state index contributed by atoms with van der Waals surface area (Å²) in [7, 11) is 0. The third-order valence-corrected chi connectivity index (χ3v) is 3.40. The van der Waals surface area contributed by atoms with E-state index in [4.69, 9.17) is 11.6 Å². The van der Waals surface area contributed by atoms with Gasteiger partial charge in [0.05, 0.1) is 22.5 Å². The number of hydrogen-bond acceptors (Lipinski definition) is 6. The van der Waals surface area contributed by atoms with E-state index >= 15 is 0 Å². The maximum absolute atomic E-state index is 12.9. The number of halogens is 4. The Kier molecular flexibility index (Phi) is 4.12. The summed E-state index contributed by atoms with van der Waals surface area (Å²) in [5.74, 6) is -0.570. The van der Waals surface area contributed by atoms with Gasteiger partial charge in [0.15, 0.2) is 0 Å². The van der Waals surface area contributed by atoms with E-state index in [1.807, 2.05) is 0 Å². The summed E-state index contributed by atoms with van der Waals surface area (Å²) in [6.45, 7) is 0.0144. The Morgan fingerprint density at radius 2 is 2.08 bits per heavy atom. The molecule has 2 aromatic heterocycles. The fourth-order valence-electron chi connectivity index (χ4n) is 1.98. The largest absolute Gasteiger partial charge is 0.490 e. The van der Waals surface area contributed by atoms with Gasteiger partial charge in [-0.05, 0) is 23.1 Å². The van der Waals surface area contributed by atoms with Crippen LogP contribution in [0.2, 0.25) is 5.02 Å². The number of hydrogen-bond donors (Lipinski definition) is 0. The Hall–Kier alpha value is -3.02. The molecule has 9 nitrogen and oxygen atoms in total. The summed E-state index contributed by atoms with van der Waals surface area (Å²) in [5, 5.41) is 21.2. The van der Waals surface area contributed by atoms with Gasteiger partial charge in [-0.1, -0.05) is 21.8 Å². The summed E-state index contributed by atoms with van der Waals surface area (Å²) in [6.07, 6.45) is -2.09. The molecule has 0 amide bonds. The van der Waals surface area contributed by atoms with E-state index < -0.39 is 27.6 Å². The predicted molar refractivity (Wildman–Crippen MR) is 77.1 cm³/mol. The molecule has 0 N–H and O–H groups in total. The molecule has 25 heavy (non-hydrogen) atoms. The SMILES string of the molecule is O=[N+]([O-])c1ncn(Cc2cn(-c3ccc(Cl)c(C(F)(F)F)c3)nn2)n1. The van der Waals surface area contributed by atoms with Crippen molar-refractivity contribution in [2.45, 2.75) is 12.7 Å². The maximum atomic E-state index is 12.9. The predicted octanol–water partition coefficient (Wildman–Crippen LogP) is 2.49. The highest BCUT2D eigenvalue weighted by Gasteiger charge is 2.33. The molecular formula is C12H7ClF3N7O2. The second kappa shape index (κ2) is 6.12. The van der Waals surface area contributed by atoms with Crippen LogP contribution in [0.5, 0.6) is 0 Å². The third kappa shape index (κ3) is 3.57. The van der Waals surface area contributed by atoms with Crippen molar-refractivity contribution in [3.8, 4) is 5.69 Å². The van der Waals surface area contributed by atoms with Crippen LogP contribution in [0.3, 0.4) is 0 Å². The van der Waals surface area contributed by atoms with Gasteiger partial charge in [0.25, 0.3) is 0 Å². The highest BCUT2D eigenvalue weighted by molar-refractivity contribution is 6.31. The zero-order valence-corrected chi connectivity index (χ0v) is 12.8. The standard InChI is InChI=1S/C12H7ClF3N7O2/c13-10-2-1-8(3-9(10)12(14,15)16)22-5-7(18-20-22)4-21-6-17-11(19-21)23(24)25/h1-3,5-6H,4H2. The van der Waals surface area contributed by atoms with Crippen molar-refractivity contribution in [1.82, 2.24) is 29.8 Å². The molecule has 0 atom stereocenters. The van der Waals surface area contributed by atoms with Gasteiger partial charge in [0.2, 0.25) is 6.33 Å². The lowest BCUT2D eigenvalue weighted by atomic mass is 10.2. The second-order valence-corrected chi connectivity index (χ2v) is 5.22. The molecule has 0 saturated heterocycles. The van der Waals surface area contributed by atoms with Crippen LogP contribution >= 0.6 is 11.6 Å². The molecule has 3 aromatic rings. The summed E-state index contributed by atoms with van der Waals surface area (Å²) in [5.41, 5.74) is -0.557. The van der Waals surface area contributed by atoms with Gasteiger partial charge in [-0.2, -0.15) is 17.9 Å². The lowest BCUT2D eigenvalue weighted by Gasteiger charge is -2.10. The topological polar surface area (TPSA) is 105 Å². The minimum Gasteiger partial charge on any atom is -0.390 e. The molecule has 0 saturated carbocycles. The number of aromatic nitrogens is 6. The van der Waals surface area contributed by atoms with Crippen molar-refractivity contribution >= 4 is 17.5 Å².